The number of anilines is 1. The van der Waals surface area contributed by atoms with Crippen LogP contribution in [0.2, 0.25) is 0 Å². The van der Waals surface area contributed by atoms with Crippen molar-refractivity contribution in [3.63, 3.8) is 0 Å². The minimum atomic E-state index is -0.474. The molecule has 1 heterocycles. The molecule has 146 valence electrons. The van der Waals surface area contributed by atoms with Gasteiger partial charge in [0.25, 0.3) is 5.91 Å². The Bertz CT molecular complexity index is 1120. The van der Waals surface area contributed by atoms with E-state index < -0.39 is 5.91 Å². The van der Waals surface area contributed by atoms with Gasteiger partial charge in [-0.2, -0.15) is 5.26 Å². The molecule has 1 N–H and O–H groups in total. The van der Waals surface area contributed by atoms with Gasteiger partial charge in [-0.1, -0.05) is 36.4 Å². The fourth-order valence-electron chi connectivity index (χ4n) is 3.18. The van der Waals surface area contributed by atoms with Gasteiger partial charge in [0, 0.05) is 28.4 Å². The summed E-state index contributed by atoms with van der Waals surface area (Å²) in [5.74, 6) is -0.817. The fourth-order valence-corrected chi connectivity index (χ4v) is 3.18. The van der Waals surface area contributed by atoms with Crippen LogP contribution in [0.25, 0.3) is 16.5 Å². The summed E-state index contributed by atoms with van der Waals surface area (Å²) in [4.78, 5) is 24.7. The highest BCUT2D eigenvalue weighted by molar-refractivity contribution is 6.13. The molecule has 0 aliphatic rings. The van der Waals surface area contributed by atoms with Gasteiger partial charge in [-0.25, -0.2) is 0 Å². The minimum absolute atomic E-state index is 0.0212. The molecule has 1 amide bonds. The Morgan fingerprint density at radius 3 is 2.48 bits per heavy atom. The highest BCUT2D eigenvalue weighted by atomic mass is 16.5. The Labute approximate surface area is 169 Å². The molecule has 0 aliphatic carbocycles. The molecule has 0 unspecified atom stereocenters. The number of fused-ring (bicyclic) bond motifs is 1. The normalized spacial score (nSPS) is 11.5. The lowest BCUT2D eigenvalue weighted by atomic mass is 10.0. The summed E-state index contributed by atoms with van der Waals surface area (Å²) in [5, 5.41) is 13.3. The van der Waals surface area contributed by atoms with Gasteiger partial charge in [0.2, 0.25) is 0 Å². The Morgan fingerprint density at radius 2 is 1.79 bits per heavy atom. The number of nitriles is 1. The summed E-state index contributed by atoms with van der Waals surface area (Å²) in [6, 6.07) is 18.5. The van der Waals surface area contributed by atoms with Crippen LogP contribution < -0.4 is 5.32 Å². The van der Waals surface area contributed by atoms with Crippen molar-refractivity contribution in [3.8, 4) is 6.07 Å². The summed E-state index contributed by atoms with van der Waals surface area (Å²) in [7, 11) is 0. The maximum atomic E-state index is 12.7. The summed E-state index contributed by atoms with van der Waals surface area (Å²) >= 11 is 0. The molecule has 6 nitrogen and oxygen atoms in total. The van der Waals surface area contributed by atoms with E-state index in [2.05, 4.69) is 5.32 Å². The maximum Gasteiger partial charge on any atom is 0.325 e. The Balaban J connectivity index is 2.02. The van der Waals surface area contributed by atoms with Crippen molar-refractivity contribution >= 4 is 34.0 Å². The first kappa shape index (κ1) is 19.9. The number of carbonyl (C=O) groups is 2. The van der Waals surface area contributed by atoms with Crippen molar-refractivity contribution in [3.05, 3.63) is 71.9 Å². The molecule has 0 spiro atoms. The van der Waals surface area contributed by atoms with E-state index in [0.29, 0.717) is 17.9 Å². The Morgan fingerprint density at radius 1 is 1.10 bits per heavy atom. The predicted octanol–water partition coefficient (Wildman–Crippen LogP) is 4.14. The quantitative estimate of drug-likeness (QED) is 0.391. The topological polar surface area (TPSA) is 84.1 Å². The zero-order chi connectivity index (χ0) is 20.8. The van der Waals surface area contributed by atoms with Gasteiger partial charge >= 0.3 is 5.97 Å². The number of amides is 1. The highest BCUT2D eigenvalue weighted by Gasteiger charge is 2.18. The molecular weight excluding hydrogens is 366 g/mol. The van der Waals surface area contributed by atoms with E-state index in [1.54, 1.807) is 48.9 Å². The van der Waals surface area contributed by atoms with Crippen LogP contribution in [0.3, 0.4) is 0 Å². The van der Waals surface area contributed by atoms with Crippen LogP contribution in [0.15, 0.2) is 66.4 Å². The highest BCUT2D eigenvalue weighted by Crippen LogP contribution is 2.29. The van der Waals surface area contributed by atoms with Crippen LogP contribution in [0.4, 0.5) is 5.69 Å². The Kier molecular flexibility index (Phi) is 6.10. The molecule has 6 heteroatoms. The number of esters is 1. The smallest absolute Gasteiger partial charge is 0.325 e. The number of para-hydroxylation sites is 2. The lowest BCUT2D eigenvalue weighted by Gasteiger charge is -2.07. The van der Waals surface area contributed by atoms with Crippen LogP contribution >= 0.6 is 0 Å². The van der Waals surface area contributed by atoms with Gasteiger partial charge in [-0.05, 0) is 37.6 Å². The van der Waals surface area contributed by atoms with E-state index in [1.165, 1.54) is 0 Å². The third-order valence-corrected chi connectivity index (χ3v) is 4.54. The second kappa shape index (κ2) is 8.89. The molecule has 0 aliphatic heterocycles. The van der Waals surface area contributed by atoms with E-state index in [-0.39, 0.29) is 18.1 Å². The average molecular weight is 387 g/mol. The van der Waals surface area contributed by atoms with Crippen LogP contribution in [-0.4, -0.2) is 23.1 Å². The molecule has 0 atom stereocenters. The van der Waals surface area contributed by atoms with Gasteiger partial charge < -0.3 is 14.6 Å². The van der Waals surface area contributed by atoms with Crippen molar-refractivity contribution in [1.29, 1.82) is 5.26 Å². The standard InChI is InChI=1S/C23H21N3O3/c1-3-29-22(27)15-26-14-20(18-11-7-8-12-21(18)26)16(2)19(13-24)23(28)25-17-9-5-4-6-10-17/h4-12,14H,3,15H2,1-2H3,(H,25,28)/b19-16+. The zero-order valence-corrected chi connectivity index (χ0v) is 16.3. The summed E-state index contributed by atoms with van der Waals surface area (Å²) in [6.07, 6.45) is 1.78. The molecule has 3 aromatic rings. The van der Waals surface area contributed by atoms with Crippen molar-refractivity contribution in [1.82, 2.24) is 4.57 Å². The summed E-state index contributed by atoms with van der Waals surface area (Å²) in [6.45, 7) is 3.86. The van der Waals surface area contributed by atoms with E-state index in [1.807, 2.05) is 36.4 Å². The molecule has 0 saturated carbocycles. The second-order valence-electron chi connectivity index (χ2n) is 6.42. The third-order valence-electron chi connectivity index (χ3n) is 4.54. The van der Waals surface area contributed by atoms with Crippen molar-refractivity contribution in [2.45, 2.75) is 20.4 Å². The van der Waals surface area contributed by atoms with Crippen molar-refractivity contribution < 1.29 is 14.3 Å². The SMILES string of the molecule is CCOC(=O)Cn1cc(/C(C)=C(\C#N)C(=O)Nc2ccccc2)c2ccccc21. The zero-order valence-electron chi connectivity index (χ0n) is 16.3. The number of nitrogens with one attached hydrogen (secondary N) is 1. The lowest BCUT2D eigenvalue weighted by Crippen LogP contribution is -2.14. The molecule has 0 saturated heterocycles. The first-order valence-corrected chi connectivity index (χ1v) is 9.26. The van der Waals surface area contributed by atoms with Gasteiger partial charge in [0.15, 0.2) is 0 Å². The maximum absolute atomic E-state index is 12.7. The number of hydrogen-bond donors (Lipinski definition) is 1. The minimum Gasteiger partial charge on any atom is -0.465 e. The fraction of sp³-hybridized carbons (Fsp3) is 0.174. The molecule has 0 fully saturated rings. The molecular formula is C23H21N3O3. The van der Waals surface area contributed by atoms with Gasteiger partial charge in [-0.15, -0.1) is 0 Å². The number of aromatic nitrogens is 1. The average Bonchev–Trinajstić information content (AvgIpc) is 3.08. The Hall–Kier alpha value is -3.85. The molecule has 0 radical (unpaired) electrons. The molecule has 2 aromatic carbocycles. The lowest BCUT2D eigenvalue weighted by molar-refractivity contribution is -0.143. The van der Waals surface area contributed by atoms with Crippen LogP contribution in [0.1, 0.15) is 19.4 Å². The largest absolute Gasteiger partial charge is 0.465 e. The van der Waals surface area contributed by atoms with E-state index in [0.717, 1.165) is 16.5 Å². The van der Waals surface area contributed by atoms with Gasteiger partial charge in [-0.3, -0.25) is 9.59 Å². The van der Waals surface area contributed by atoms with Crippen LogP contribution in [-0.2, 0) is 20.9 Å². The first-order chi connectivity index (χ1) is 14.0. The summed E-state index contributed by atoms with van der Waals surface area (Å²) in [5.41, 5.74) is 2.73. The van der Waals surface area contributed by atoms with Gasteiger partial charge in [0.05, 0.1) is 6.61 Å². The molecule has 1 aromatic heterocycles. The van der Waals surface area contributed by atoms with Crippen molar-refractivity contribution in [2.75, 3.05) is 11.9 Å². The number of rotatable bonds is 6. The van der Waals surface area contributed by atoms with E-state index in [9.17, 15) is 14.9 Å². The molecule has 3 rings (SSSR count). The number of allylic oxidation sites excluding steroid dienone is 1. The predicted molar refractivity (Wildman–Crippen MR) is 112 cm³/mol. The first-order valence-electron chi connectivity index (χ1n) is 9.26. The van der Waals surface area contributed by atoms with E-state index >= 15 is 0 Å². The number of hydrogen-bond acceptors (Lipinski definition) is 4. The molecule has 0 bridgehead atoms. The van der Waals surface area contributed by atoms with Crippen molar-refractivity contribution in [2.24, 2.45) is 0 Å². The second-order valence-corrected chi connectivity index (χ2v) is 6.42. The molecule has 29 heavy (non-hydrogen) atoms. The van der Waals surface area contributed by atoms with Gasteiger partial charge in [0.1, 0.15) is 18.2 Å². The number of benzene rings is 2. The number of nitrogens with zero attached hydrogens (tertiary/aromatic N) is 2. The number of ether oxygens (including phenoxy) is 1. The van der Waals surface area contributed by atoms with Crippen LogP contribution in [0, 0.1) is 11.3 Å². The third kappa shape index (κ3) is 4.36. The van der Waals surface area contributed by atoms with E-state index in [4.69, 9.17) is 4.74 Å². The number of carbonyl (C=O) groups excluding carboxylic acids is 2. The monoisotopic (exact) mass is 387 g/mol. The summed E-state index contributed by atoms with van der Waals surface area (Å²) < 4.78 is 6.82. The van der Waals surface area contributed by atoms with Crippen LogP contribution in [0.5, 0.6) is 0 Å².